The van der Waals surface area contributed by atoms with Gasteiger partial charge in [0.15, 0.2) is 0 Å². The average molecular weight is 684 g/mol. The zero-order valence-electron chi connectivity index (χ0n) is 26.0. The van der Waals surface area contributed by atoms with E-state index in [2.05, 4.69) is 6.58 Å². The van der Waals surface area contributed by atoms with Gasteiger partial charge in [-0.3, -0.25) is 13.7 Å². The lowest BCUT2D eigenvalue weighted by Gasteiger charge is -2.33. The van der Waals surface area contributed by atoms with Crippen LogP contribution < -0.4 is 4.90 Å². The molecule has 0 amide bonds. The Hall–Kier alpha value is -2.85. The number of methoxy groups -OCH3 is 1. The molecule has 248 valence electrons. The number of ether oxygens (including phenoxy) is 1. The van der Waals surface area contributed by atoms with Gasteiger partial charge in [-0.05, 0) is 98.7 Å². The number of hydrogen-bond donors (Lipinski definition) is 3. The molecule has 3 N–H and O–H groups in total. The van der Waals surface area contributed by atoms with Gasteiger partial charge in [0.1, 0.15) is 0 Å². The van der Waals surface area contributed by atoms with Crippen LogP contribution in [0.15, 0.2) is 82.3 Å². The van der Waals surface area contributed by atoms with Gasteiger partial charge in [-0.2, -0.15) is 25.3 Å². The van der Waals surface area contributed by atoms with Crippen LogP contribution in [-0.4, -0.2) is 64.9 Å². The Balaban J connectivity index is 2.13. The molecule has 0 bridgehead atoms. The summed E-state index contributed by atoms with van der Waals surface area (Å²) >= 11 is 0. The maximum Gasteiger partial charge on any atom is 0.294 e. The van der Waals surface area contributed by atoms with Crippen molar-refractivity contribution in [2.75, 3.05) is 30.9 Å². The fourth-order valence-corrected chi connectivity index (χ4v) is 7.50. The molecule has 0 radical (unpaired) electrons. The largest absolute Gasteiger partial charge is 0.385 e. The number of aryl methyl sites for hydroxylation is 1. The normalized spacial score (nSPS) is 19.6. The molecule has 2 unspecified atom stereocenters. The van der Waals surface area contributed by atoms with Gasteiger partial charge in [0.05, 0.1) is 15.5 Å². The van der Waals surface area contributed by atoms with Crippen LogP contribution in [0.3, 0.4) is 0 Å². The van der Waals surface area contributed by atoms with Gasteiger partial charge in [-0.1, -0.05) is 31.7 Å². The molecule has 0 spiro atoms. The molecular formula is C31H41NO10S3. The highest BCUT2D eigenvalue weighted by Gasteiger charge is 2.43. The highest BCUT2D eigenvalue weighted by Crippen LogP contribution is 2.50. The molecule has 2 aromatic carbocycles. The first-order chi connectivity index (χ1) is 20.7. The van der Waals surface area contributed by atoms with Gasteiger partial charge in [0.25, 0.3) is 30.4 Å². The SMILES string of the molecule is C=C(/C=C/C=C1/N(CC)c2ccc(S(=O)(=O)O)cc2C1(C)CCOC)C(C)(CCCS(=O)(=O)O)c1cc(S(=O)(=O)O)ccc1C. The van der Waals surface area contributed by atoms with E-state index >= 15 is 0 Å². The van der Waals surface area contributed by atoms with E-state index in [0.717, 1.165) is 11.4 Å². The Morgan fingerprint density at radius 1 is 1.02 bits per heavy atom. The number of benzene rings is 2. The van der Waals surface area contributed by atoms with E-state index in [-0.39, 0.29) is 22.6 Å². The number of rotatable bonds is 14. The van der Waals surface area contributed by atoms with Gasteiger partial charge < -0.3 is 9.64 Å². The van der Waals surface area contributed by atoms with Crippen molar-refractivity contribution in [2.45, 2.75) is 67.6 Å². The minimum atomic E-state index is -4.53. The molecule has 1 aliphatic heterocycles. The predicted octanol–water partition coefficient (Wildman–Crippen LogP) is 5.24. The number of likely N-dealkylation sites (N-methyl/N-ethyl adjacent to an activating group) is 1. The van der Waals surface area contributed by atoms with Crippen LogP contribution in [0, 0.1) is 6.92 Å². The molecule has 1 heterocycles. The zero-order valence-corrected chi connectivity index (χ0v) is 28.5. The van der Waals surface area contributed by atoms with Gasteiger partial charge in [0.2, 0.25) is 0 Å². The molecule has 3 rings (SSSR count). The van der Waals surface area contributed by atoms with Crippen LogP contribution in [0.5, 0.6) is 0 Å². The number of hydrogen-bond acceptors (Lipinski definition) is 8. The molecule has 45 heavy (non-hydrogen) atoms. The highest BCUT2D eigenvalue weighted by molar-refractivity contribution is 7.86. The van der Waals surface area contributed by atoms with Gasteiger partial charge in [-0.25, -0.2) is 0 Å². The molecule has 11 nitrogen and oxygen atoms in total. The van der Waals surface area contributed by atoms with E-state index in [1.165, 1.54) is 24.3 Å². The maximum absolute atomic E-state index is 12.0. The third-order valence-corrected chi connectivity index (χ3v) is 11.1. The van der Waals surface area contributed by atoms with Crippen LogP contribution in [0.4, 0.5) is 5.69 Å². The summed E-state index contributed by atoms with van der Waals surface area (Å²) in [6, 6.07) is 8.67. The quantitative estimate of drug-likeness (QED) is 0.175. The third-order valence-electron chi connectivity index (χ3n) is 8.57. The number of nitrogens with zero attached hydrogens (tertiary/aromatic N) is 1. The topological polar surface area (TPSA) is 176 Å². The van der Waals surface area contributed by atoms with E-state index < -0.39 is 46.9 Å². The minimum absolute atomic E-state index is 0.0446. The molecule has 0 aromatic heterocycles. The first kappa shape index (κ1) is 36.6. The average Bonchev–Trinajstić information content (AvgIpc) is 3.16. The van der Waals surface area contributed by atoms with Gasteiger partial charge in [0, 0.05) is 42.5 Å². The summed E-state index contributed by atoms with van der Waals surface area (Å²) in [5.74, 6) is -0.506. The molecule has 0 saturated carbocycles. The first-order valence-electron chi connectivity index (χ1n) is 14.2. The molecule has 0 saturated heterocycles. The highest BCUT2D eigenvalue weighted by atomic mass is 32.2. The molecule has 14 heteroatoms. The molecular weight excluding hydrogens is 643 g/mol. The summed E-state index contributed by atoms with van der Waals surface area (Å²) in [5, 5.41) is 0. The van der Waals surface area contributed by atoms with Crippen LogP contribution in [0.2, 0.25) is 0 Å². The third kappa shape index (κ3) is 8.12. The van der Waals surface area contributed by atoms with Crippen molar-refractivity contribution in [3.63, 3.8) is 0 Å². The Labute approximate surface area is 266 Å². The molecule has 1 aliphatic rings. The lowest BCUT2D eigenvalue weighted by atomic mass is 9.71. The van der Waals surface area contributed by atoms with Gasteiger partial charge >= 0.3 is 0 Å². The smallest absolute Gasteiger partial charge is 0.294 e. The molecule has 2 aromatic rings. The molecule has 0 aliphatic carbocycles. The van der Waals surface area contributed by atoms with E-state index in [1.54, 1.807) is 45.2 Å². The van der Waals surface area contributed by atoms with Crippen molar-refractivity contribution in [3.8, 4) is 0 Å². The predicted molar refractivity (Wildman–Crippen MR) is 173 cm³/mol. The first-order valence-corrected chi connectivity index (χ1v) is 18.7. The van der Waals surface area contributed by atoms with Crippen LogP contribution in [0.1, 0.15) is 56.7 Å². The van der Waals surface area contributed by atoms with E-state index in [4.69, 9.17) is 4.74 Å². The van der Waals surface area contributed by atoms with E-state index in [0.29, 0.717) is 41.8 Å². The van der Waals surface area contributed by atoms with Crippen molar-refractivity contribution >= 4 is 36.0 Å². The summed E-state index contributed by atoms with van der Waals surface area (Å²) in [7, 11) is -11.7. The Kier molecular flexibility index (Phi) is 11.0. The van der Waals surface area contributed by atoms with Crippen molar-refractivity contribution in [2.24, 2.45) is 0 Å². The van der Waals surface area contributed by atoms with Crippen molar-refractivity contribution in [1.82, 2.24) is 0 Å². The summed E-state index contributed by atoms with van der Waals surface area (Å²) in [5.41, 5.74) is 2.35. The number of allylic oxidation sites excluding steroid dienone is 5. The molecule has 0 fully saturated rings. The van der Waals surface area contributed by atoms with Gasteiger partial charge in [-0.15, -0.1) is 0 Å². The Morgan fingerprint density at radius 3 is 2.18 bits per heavy atom. The van der Waals surface area contributed by atoms with E-state index in [9.17, 15) is 38.9 Å². The monoisotopic (exact) mass is 683 g/mol. The summed E-state index contributed by atoms with van der Waals surface area (Å²) < 4.78 is 105. The lowest BCUT2D eigenvalue weighted by molar-refractivity contribution is 0.178. The second-order valence-corrected chi connectivity index (χ2v) is 16.0. The summed E-state index contributed by atoms with van der Waals surface area (Å²) in [4.78, 5) is 1.51. The van der Waals surface area contributed by atoms with Crippen LogP contribution in [-0.2, 0) is 45.9 Å². The van der Waals surface area contributed by atoms with Crippen LogP contribution >= 0.6 is 0 Å². The summed E-state index contributed by atoms with van der Waals surface area (Å²) in [6.07, 6.45) is 6.10. The lowest BCUT2D eigenvalue weighted by Crippen LogP contribution is -2.29. The fourth-order valence-electron chi connectivity index (χ4n) is 5.97. The van der Waals surface area contributed by atoms with Crippen molar-refractivity contribution < 1.29 is 43.6 Å². The zero-order chi connectivity index (χ0) is 34.0. The van der Waals surface area contributed by atoms with Crippen molar-refractivity contribution in [1.29, 1.82) is 0 Å². The standard InChI is InChI=1S/C31H41NO10S3/c1-7-32-28-15-14-25(45(39,40)41)21-27(28)31(5,17-18-42-6)29(32)11-8-10-23(3)30(4,16-9-19-43(33,34)35)26-20-24(44(36,37)38)13-12-22(26)2/h8,10-15,20-21H,3,7,9,16-19H2,1-2,4-6H3,(H,33,34,35)(H,36,37,38)(H,39,40,41)/b10-8+,29-11+. The minimum Gasteiger partial charge on any atom is -0.385 e. The van der Waals surface area contributed by atoms with E-state index in [1.807, 2.05) is 24.8 Å². The second-order valence-electron chi connectivity index (χ2n) is 11.6. The maximum atomic E-state index is 12.0. The Bertz CT molecular complexity index is 1850. The fraction of sp³-hybridized carbons (Fsp3) is 0.419. The van der Waals surface area contributed by atoms with Crippen LogP contribution in [0.25, 0.3) is 0 Å². The second kappa shape index (κ2) is 13.5. The number of fused-ring (bicyclic) bond motifs is 1. The number of anilines is 1. The molecule has 2 atom stereocenters. The Morgan fingerprint density at radius 2 is 1.62 bits per heavy atom. The van der Waals surface area contributed by atoms with Crippen molar-refractivity contribution in [3.05, 3.63) is 89.2 Å². The summed E-state index contributed by atoms with van der Waals surface area (Å²) in [6.45, 7) is 12.6.